The number of ether oxygens (including phenoxy) is 1. The highest BCUT2D eigenvalue weighted by atomic mass is 35.5. The number of carbonyl (C=O) groups excluding carboxylic acids is 2. The Morgan fingerprint density at radius 1 is 1.19 bits per heavy atom. The maximum Gasteiger partial charge on any atom is 0.522 e. The number of hydrogen-bond acceptors (Lipinski definition) is 3. The summed E-state index contributed by atoms with van der Waals surface area (Å²) in [7, 11) is 0. The molecule has 2 aromatic carbocycles. The largest absolute Gasteiger partial charge is 0.522 e. The minimum atomic E-state index is -4.76. The van der Waals surface area contributed by atoms with Crippen LogP contribution in [0.15, 0.2) is 36.4 Å². The first-order valence-corrected chi connectivity index (χ1v) is 10.4. The van der Waals surface area contributed by atoms with Crippen molar-refractivity contribution in [2.45, 2.75) is 44.2 Å². The summed E-state index contributed by atoms with van der Waals surface area (Å²) in [6.07, 6.45) is -4.82. The van der Waals surface area contributed by atoms with Gasteiger partial charge in [-0.15, -0.1) is 13.2 Å². The van der Waals surface area contributed by atoms with E-state index in [9.17, 15) is 27.2 Å². The average molecular weight is 471 g/mol. The van der Waals surface area contributed by atoms with E-state index in [1.54, 1.807) is 18.2 Å². The molecule has 0 unspecified atom stereocenters. The molecule has 32 heavy (non-hydrogen) atoms. The van der Waals surface area contributed by atoms with Crippen LogP contribution in [0, 0.1) is 11.7 Å². The van der Waals surface area contributed by atoms with Gasteiger partial charge in [0.2, 0.25) is 5.91 Å². The van der Waals surface area contributed by atoms with E-state index in [2.05, 4.69) is 15.4 Å². The molecule has 2 N–H and O–H groups in total. The molecule has 1 aliphatic heterocycles. The summed E-state index contributed by atoms with van der Waals surface area (Å²) >= 11 is 6.23. The van der Waals surface area contributed by atoms with Crippen LogP contribution in [0.3, 0.4) is 0 Å². The van der Waals surface area contributed by atoms with Gasteiger partial charge in [0.1, 0.15) is 5.82 Å². The van der Waals surface area contributed by atoms with Gasteiger partial charge < -0.3 is 10.6 Å². The SMILES string of the molecule is O=C1N[C@H](c2cc(F)ccc2Cl)c2c(NC(=O)[C@@H]3CCC[C@H](OC(F)(F)F)C3)cccc21. The maximum atomic E-state index is 13.8. The van der Waals surface area contributed by atoms with Crippen molar-refractivity contribution < 1.29 is 31.9 Å². The van der Waals surface area contributed by atoms with Crippen molar-refractivity contribution in [3.63, 3.8) is 0 Å². The zero-order valence-electron chi connectivity index (χ0n) is 16.6. The van der Waals surface area contributed by atoms with E-state index in [1.165, 1.54) is 18.2 Å². The number of hydrogen-bond donors (Lipinski definition) is 2. The van der Waals surface area contributed by atoms with Crippen molar-refractivity contribution >= 4 is 29.1 Å². The highest BCUT2D eigenvalue weighted by Gasteiger charge is 2.38. The molecule has 2 aromatic rings. The Morgan fingerprint density at radius 3 is 2.72 bits per heavy atom. The number of carbonyl (C=O) groups is 2. The molecule has 5 nitrogen and oxygen atoms in total. The lowest BCUT2D eigenvalue weighted by molar-refractivity contribution is -0.346. The van der Waals surface area contributed by atoms with Crippen molar-refractivity contribution in [3.8, 4) is 0 Å². The van der Waals surface area contributed by atoms with E-state index < -0.39 is 42.1 Å². The Morgan fingerprint density at radius 2 is 1.97 bits per heavy atom. The van der Waals surface area contributed by atoms with Crippen LogP contribution < -0.4 is 10.6 Å². The van der Waals surface area contributed by atoms with Crippen LogP contribution in [-0.2, 0) is 9.53 Å². The minimum absolute atomic E-state index is 0.0588. The van der Waals surface area contributed by atoms with Crippen molar-refractivity contribution in [1.29, 1.82) is 0 Å². The number of halogens is 5. The summed E-state index contributed by atoms with van der Waals surface area (Å²) < 4.78 is 55.7. The fourth-order valence-electron chi connectivity index (χ4n) is 4.35. The molecule has 10 heteroatoms. The van der Waals surface area contributed by atoms with Crippen molar-refractivity contribution in [2.24, 2.45) is 5.92 Å². The molecular weight excluding hydrogens is 452 g/mol. The Labute approximate surface area is 186 Å². The van der Waals surface area contributed by atoms with E-state index in [0.29, 0.717) is 35.2 Å². The summed E-state index contributed by atoms with van der Waals surface area (Å²) in [6.45, 7) is 0. The predicted octanol–water partition coefficient (Wildman–Crippen LogP) is 5.35. The van der Waals surface area contributed by atoms with Gasteiger partial charge in [-0.25, -0.2) is 4.39 Å². The van der Waals surface area contributed by atoms with Crippen LogP contribution >= 0.6 is 11.6 Å². The normalized spacial score (nSPS) is 22.9. The van der Waals surface area contributed by atoms with Gasteiger partial charge in [0, 0.05) is 33.3 Å². The highest BCUT2D eigenvalue weighted by molar-refractivity contribution is 6.31. The van der Waals surface area contributed by atoms with Gasteiger partial charge in [0.05, 0.1) is 12.1 Å². The van der Waals surface area contributed by atoms with Crippen LogP contribution in [0.5, 0.6) is 0 Å². The van der Waals surface area contributed by atoms with Crippen LogP contribution in [0.1, 0.15) is 53.2 Å². The molecule has 2 aliphatic rings. The second kappa shape index (κ2) is 8.71. The maximum absolute atomic E-state index is 13.8. The smallest absolute Gasteiger partial charge is 0.341 e. The second-order valence-electron chi connectivity index (χ2n) is 7.88. The third-order valence-electron chi connectivity index (χ3n) is 5.74. The summed E-state index contributed by atoms with van der Waals surface area (Å²) in [5, 5.41) is 5.73. The molecule has 1 saturated carbocycles. The quantitative estimate of drug-likeness (QED) is 0.592. The molecule has 0 aromatic heterocycles. The van der Waals surface area contributed by atoms with E-state index in [1.807, 2.05) is 0 Å². The lowest BCUT2D eigenvalue weighted by Crippen LogP contribution is -2.34. The number of benzene rings is 2. The number of fused-ring (bicyclic) bond motifs is 1. The molecule has 4 rings (SSSR count). The first-order valence-electron chi connectivity index (χ1n) is 10.1. The number of nitrogens with one attached hydrogen (secondary N) is 2. The molecule has 1 heterocycles. The molecule has 0 radical (unpaired) electrons. The Balaban J connectivity index is 1.59. The lowest BCUT2D eigenvalue weighted by atomic mass is 9.86. The van der Waals surface area contributed by atoms with Gasteiger partial charge in [-0.05, 0) is 49.6 Å². The average Bonchev–Trinajstić information content (AvgIpc) is 3.06. The van der Waals surface area contributed by atoms with E-state index in [0.717, 1.165) is 0 Å². The van der Waals surface area contributed by atoms with Crippen molar-refractivity contribution in [3.05, 3.63) is 63.9 Å². The topological polar surface area (TPSA) is 67.4 Å². The van der Waals surface area contributed by atoms with E-state index in [4.69, 9.17) is 11.6 Å². The molecule has 1 fully saturated rings. The molecule has 0 spiro atoms. The van der Waals surface area contributed by atoms with Crippen LogP contribution in [0.4, 0.5) is 23.2 Å². The monoisotopic (exact) mass is 470 g/mol. The molecule has 0 bridgehead atoms. The summed E-state index contributed by atoms with van der Waals surface area (Å²) in [6, 6.07) is 7.73. The number of anilines is 1. The molecular formula is C22H19ClF4N2O3. The number of rotatable bonds is 4. The molecule has 3 atom stereocenters. The van der Waals surface area contributed by atoms with E-state index in [-0.39, 0.29) is 17.9 Å². The van der Waals surface area contributed by atoms with Gasteiger partial charge in [0.15, 0.2) is 0 Å². The second-order valence-corrected chi connectivity index (χ2v) is 8.28. The van der Waals surface area contributed by atoms with Gasteiger partial charge in [-0.3, -0.25) is 14.3 Å². The summed E-state index contributed by atoms with van der Waals surface area (Å²) in [5.74, 6) is -2.07. The zero-order chi connectivity index (χ0) is 23.0. The first-order chi connectivity index (χ1) is 15.1. The molecule has 1 aliphatic carbocycles. The van der Waals surface area contributed by atoms with Gasteiger partial charge in [-0.1, -0.05) is 24.1 Å². The third-order valence-corrected chi connectivity index (χ3v) is 6.08. The Kier molecular flexibility index (Phi) is 6.13. The number of alkyl halides is 3. The number of amides is 2. The van der Waals surface area contributed by atoms with E-state index >= 15 is 0 Å². The first kappa shape index (κ1) is 22.5. The van der Waals surface area contributed by atoms with Crippen LogP contribution in [-0.4, -0.2) is 24.3 Å². The highest BCUT2D eigenvalue weighted by Crippen LogP contribution is 2.40. The standard InChI is InChI=1S/C22H19ClF4N2O3/c23-16-8-7-12(24)10-15(16)19-18-14(21(31)29-19)5-2-6-17(18)28-20(30)11-3-1-4-13(9-11)32-22(25,26)27/h2,5-8,10-11,13,19H,1,3-4,9H2,(H,28,30)(H,29,31)/t11-,13+,19-/m1/s1. The summed E-state index contributed by atoms with van der Waals surface area (Å²) in [5.41, 5.74) is 1.37. The van der Waals surface area contributed by atoms with Gasteiger partial charge >= 0.3 is 6.36 Å². The Bertz CT molecular complexity index is 1060. The summed E-state index contributed by atoms with van der Waals surface area (Å²) in [4.78, 5) is 25.4. The zero-order valence-corrected chi connectivity index (χ0v) is 17.4. The van der Waals surface area contributed by atoms with Crippen LogP contribution in [0.2, 0.25) is 5.02 Å². The van der Waals surface area contributed by atoms with Gasteiger partial charge in [-0.2, -0.15) is 0 Å². The molecule has 170 valence electrons. The minimum Gasteiger partial charge on any atom is -0.341 e. The van der Waals surface area contributed by atoms with Crippen molar-refractivity contribution in [1.82, 2.24) is 5.32 Å². The predicted molar refractivity (Wildman–Crippen MR) is 109 cm³/mol. The molecule has 2 amide bonds. The van der Waals surface area contributed by atoms with Crippen molar-refractivity contribution in [2.75, 3.05) is 5.32 Å². The molecule has 0 saturated heterocycles. The van der Waals surface area contributed by atoms with Crippen LogP contribution in [0.25, 0.3) is 0 Å². The Hall–Kier alpha value is -2.65. The van der Waals surface area contributed by atoms with Gasteiger partial charge in [0.25, 0.3) is 5.91 Å². The lowest BCUT2D eigenvalue weighted by Gasteiger charge is -2.29. The third kappa shape index (κ3) is 4.73. The fraction of sp³-hybridized carbons (Fsp3) is 0.364. The fourth-order valence-corrected chi connectivity index (χ4v) is 4.57.